The fourth-order valence-electron chi connectivity index (χ4n) is 0.996. The average molecular weight is 253 g/mol. The predicted molar refractivity (Wildman–Crippen MR) is 78.5 cm³/mol. The number of rotatable bonds is 3. The van der Waals surface area contributed by atoms with Crippen molar-refractivity contribution in [1.82, 2.24) is 9.78 Å². The predicted octanol–water partition coefficient (Wildman–Crippen LogP) is 3.65. The second kappa shape index (κ2) is 11.9. The largest absolute Gasteiger partial charge is 0.405 e. The van der Waals surface area contributed by atoms with Crippen LogP contribution in [0.3, 0.4) is 0 Å². The quantitative estimate of drug-likeness (QED) is 0.836. The number of hydrogen-bond donors (Lipinski definition) is 1. The lowest BCUT2D eigenvalue weighted by Crippen LogP contribution is -2.00. The van der Waals surface area contributed by atoms with Gasteiger partial charge in [-0.15, -0.1) is 0 Å². The van der Waals surface area contributed by atoms with Crippen LogP contribution in [0.1, 0.15) is 70.1 Å². The van der Waals surface area contributed by atoms with Crippen LogP contribution in [0.2, 0.25) is 0 Å². The van der Waals surface area contributed by atoms with Gasteiger partial charge in [0, 0.05) is 12.2 Å². The van der Waals surface area contributed by atoms with E-state index in [1.54, 1.807) is 17.0 Å². The summed E-state index contributed by atoms with van der Waals surface area (Å²) in [6.45, 7) is 12.2. The fraction of sp³-hybridized carbons (Fsp3) is 0.571. The third-order valence-electron chi connectivity index (χ3n) is 1.70. The van der Waals surface area contributed by atoms with Crippen LogP contribution in [0.5, 0.6) is 0 Å². The van der Waals surface area contributed by atoms with Crippen LogP contribution in [0.4, 0.5) is 0 Å². The molecule has 1 heterocycles. The first-order valence-corrected chi connectivity index (χ1v) is 6.53. The Morgan fingerprint density at radius 1 is 1.39 bits per heavy atom. The molecule has 1 aromatic rings. The highest BCUT2D eigenvalue weighted by Gasteiger charge is 2.06. The fourth-order valence-corrected chi connectivity index (χ4v) is 0.996. The Balaban J connectivity index is 0. The van der Waals surface area contributed by atoms with Gasteiger partial charge in [0.15, 0.2) is 6.29 Å². The Hall–Kier alpha value is -1.58. The second-order valence-electron chi connectivity index (χ2n) is 3.73. The maximum absolute atomic E-state index is 10.6. The SMILES string of the molecule is CC.CC(C)n1cc(C=O)c(/C=C\N)n1.CCC. The Morgan fingerprint density at radius 3 is 2.22 bits per heavy atom. The maximum atomic E-state index is 10.6. The van der Waals surface area contributed by atoms with Crippen molar-refractivity contribution >= 4 is 12.4 Å². The summed E-state index contributed by atoms with van der Waals surface area (Å²) < 4.78 is 1.74. The summed E-state index contributed by atoms with van der Waals surface area (Å²) in [5, 5.41) is 4.19. The van der Waals surface area contributed by atoms with Gasteiger partial charge in [-0.2, -0.15) is 5.10 Å². The summed E-state index contributed by atoms with van der Waals surface area (Å²) in [5.41, 5.74) is 6.41. The third kappa shape index (κ3) is 6.89. The summed E-state index contributed by atoms with van der Waals surface area (Å²) in [6.07, 6.45) is 6.73. The van der Waals surface area contributed by atoms with Crippen molar-refractivity contribution in [2.24, 2.45) is 5.73 Å². The molecule has 0 unspecified atom stereocenters. The molecule has 1 rings (SSSR count). The summed E-state index contributed by atoms with van der Waals surface area (Å²) in [7, 11) is 0. The van der Waals surface area contributed by atoms with Gasteiger partial charge < -0.3 is 5.73 Å². The molecule has 0 spiro atoms. The zero-order chi connectivity index (χ0) is 14.6. The lowest BCUT2D eigenvalue weighted by Gasteiger charge is -2.02. The highest BCUT2D eigenvalue weighted by molar-refractivity contribution is 5.80. The standard InChI is InChI=1S/C9H13N3O.C3H8.C2H6/c1-7(2)12-5-8(6-13)9(11-12)3-4-10;1-3-2;1-2/h3-7H,10H2,1-2H3;3H2,1-2H3;1-2H3/b4-3-;;. The first-order valence-electron chi connectivity index (χ1n) is 6.53. The third-order valence-corrected chi connectivity index (χ3v) is 1.70. The molecule has 0 radical (unpaired) electrons. The Morgan fingerprint density at radius 2 is 1.89 bits per heavy atom. The van der Waals surface area contributed by atoms with Gasteiger partial charge in [-0.3, -0.25) is 9.48 Å². The van der Waals surface area contributed by atoms with E-state index in [1.807, 2.05) is 27.7 Å². The van der Waals surface area contributed by atoms with E-state index in [9.17, 15) is 4.79 Å². The number of nitrogens with two attached hydrogens (primary N) is 1. The molecule has 0 amide bonds. The molecule has 104 valence electrons. The van der Waals surface area contributed by atoms with Crippen molar-refractivity contribution in [2.75, 3.05) is 0 Å². The molecule has 0 saturated carbocycles. The minimum Gasteiger partial charge on any atom is -0.405 e. The minimum atomic E-state index is 0.249. The highest BCUT2D eigenvalue weighted by Crippen LogP contribution is 2.10. The highest BCUT2D eigenvalue weighted by atomic mass is 16.1. The first kappa shape index (κ1) is 18.8. The van der Waals surface area contributed by atoms with Gasteiger partial charge in [-0.05, 0) is 26.1 Å². The normalized spacial score (nSPS) is 9.50. The number of carbonyl (C=O) groups is 1. The van der Waals surface area contributed by atoms with E-state index in [-0.39, 0.29) is 6.04 Å². The topological polar surface area (TPSA) is 60.9 Å². The molecular formula is C14H27N3O. The van der Waals surface area contributed by atoms with E-state index >= 15 is 0 Å². The molecular weight excluding hydrogens is 226 g/mol. The monoisotopic (exact) mass is 253 g/mol. The molecule has 4 heteroatoms. The summed E-state index contributed by atoms with van der Waals surface area (Å²) in [5.74, 6) is 0. The number of carbonyl (C=O) groups excluding carboxylic acids is 1. The summed E-state index contributed by atoms with van der Waals surface area (Å²) >= 11 is 0. The number of hydrogen-bond acceptors (Lipinski definition) is 3. The molecule has 1 aromatic heterocycles. The molecule has 18 heavy (non-hydrogen) atoms. The molecule has 0 aliphatic carbocycles. The lowest BCUT2D eigenvalue weighted by molar-refractivity contribution is 0.112. The van der Waals surface area contributed by atoms with E-state index < -0.39 is 0 Å². The summed E-state index contributed by atoms with van der Waals surface area (Å²) in [4.78, 5) is 10.6. The molecule has 0 aliphatic rings. The lowest BCUT2D eigenvalue weighted by atomic mass is 10.3. The van der Waals surface area contributed by atoms with Gasteiger partial charge in [-0.1, -0.05) is 34.1 Å². The van der Waals surface area contributed by atoms with E-state index in [2.05, 4.69) is 18.9 Å². The van der Waals surface area contributed by atoms with Gasteiger partial charge in [0.2, 0.25) is 0 Å². The van der Waals surface area contributed by atoms with Crippen LogP contribution in [-0.2, 0) is 0 Å². The molecule has 0 fully saturated rings. The molecule has 2 N–H and O–H groups in total. The number of aldehydes is 1. The average Bonchev–Trinajstić information content (AvgIpc) is 2.77. The van der Waals surface area contributed by atoms with Crippen LogP contribution in [0.15, 0.2) is 12.4 Å². The van der Waals surface area contributed by atoms with Crippen LogP contribution in [-0.4, -0.2) is 16.1 Å². The molecule has 0 aliphatic heterocycles. The van der Waals surface area contributed by atoms with Gasteiger partial charge in [0.1, 0.15) is 0 Å². The van der Waals surface area contributed by atoms with E-state index in [0.29, 0.717) is 11.3 Å². The van der Waals surface area contributed by atoms with Gasteiger partial charge in [-0.25, -0.2) is 0 Å². The van der Waals surface area contributed by atoms with Crippen molar-refractivity contribution < 1.29 is 4.79 Å². The van der Waals surface area contributed by atoms with Gasteiger partial charge >= 0.3 is 0 Å². The van der Waals surface area contributed by atoms with Crippen molar-refractivity contribution in [2.45, 2.75) is 54.0 Å². The molecule has 4 nitrogen and oxygen atoms in total. The van der Waals surface area contributed by atoms with Crippen LogP contribution < -0.4 is 5.73 Å². The number of nitrogens with zero attached hydrogens (tertiary/aromatic N) is 2. The van der Waals surface area contributed by atoms with Crippen molar-refractivity contribution in [3.05, 3.63) is 23.7 Å². The second-order valence-corrected chi connectivity index (χ2v) is 3.73. The summed E-state index contributed by atoms with van der Waals surface area (Å²) in [6, 6.07) is 0.249. The first-order chi connectivity index (χ1) is 8.60. The Bertz CT molecular complexity index is 341. The molecule has 0 saturated heterocycles. The van der Waals surface area contributed by atoms with Crippen LogP contribution >= 0.6 is 0 Å². The van der Waals surface area contributed by atoms with E-state index in [1.165, 1.54) is 12.6 Å². The molecule has 0 aromatic carbocycles. The molecule has 0 bridgehead atoms. The van der Waals surface area contributed by atoms with E-state index in [0.717, 1.165) is 6.29 Å². The maximum Gasteiger partial charge on any atom is 0.153 e. The molecule has 0 atom stereocenters. The Labute approximate surface area is 111 Å². The van der Waals surface area contributed by atoms with Crippen LogP contribution in [0, 0.1) is 0 Å². The van der Waals surface area contributed by atoms with Crippen molar-refractivity contribution in [3.63, 3.8) is 0 Å². The smallest absolute Gasteiger partial charge is 0.153 e. The van der Waals surface area contributed by atoms with Crippen LogP contribution in [0.25, 0.3) is 6.08 Å². The van der Waals surface area contributed by atoms with Crippen molar-refractivity contribution in [3.8, 4) is 0 Å². The number of aromatic nitrogens is 2. The zero-order valence-electron chi connectivity index (χ0n) is 12.5. The Kier molecular flexibility index (Phi) is 12.4. The van der Waals surface area contributed by atoms with Crippen molar-refractivity contribution in [1.29, 1.82) is 0 Å². The zero-order valence-corrected chi connectivity index (χ0v) is 12.5. The van der Waals surface area contributed by atoms with Gasteiger partial charge in [0.25, 0.3) is 0 Å². The minimum absolute atomic E-state index is 0.249. The van der Waals surface area contributed by atoms with Gasteiger partial charge in [0.05, 0.1) is 11.3 Å². The van der Waals surface area contributed by atoms with E-state index in [4.69, 9.17) is 5.73 Å².